The van der Waals surface area contributed by atoms with Gasteiger partial charge in [0.05, 0.1) is 5.69 Å². The summed E-state index contributed by atoms with van der Waals surface area (Å²) >= 11 is 3.70. The summed E-state index contributed by atoms with van der Waals surface area (Å²) in [6.07, 6.45) is 5.45. The quantitative estimate of drug-likeness (QED) is 0.740. The average molecular weight is 268 g/mol. The second kappa shape index (κ2) is 5.02. The molecule has 0 saturated carbocycles. The molecule has 0 radical (unpaired) electrons. The summed E-state index contributed by atoms with van der Waals surface area (Å²) in [5.74, 6) is 0. The number of halogens is 1. The maximum atomic E-state index is 3.70. The van der Waals surface area contributed by atoms with Crippen LogP contribution in [0, 0.1) is 6.92 Å². The second-order valence-electron chi connectivity index (χ2n) is 4.31. The largest absolute Gasteiger partial charge is 0.371 e. The van der Waals surface area contributed by atoms with Crippen molar-refractivity contribution >= 4 is 21.6 Å². The molecule has 1 aromatic rings. The third-order valence-electron chi connectivity index (χ3n) is 3.12. The van der Waals surface area contributed by atoms with E-state index in [0.29, 0.717) is 0 Å². The normalized spacial score (nSPS) is 17.6. The Balaban J connectivity index is 2.23. The van der Waals surface area contributed by atoms with E-state index in [9.17, 15) is 0 Å². The Labute approximate surface area is 101 Å². The van der Waals surface area contributed by atoms with Crippen molar-refractivity contribution in [1.29, 1.82) is 0 Å². The summed E-state index contributed by atoms with van der Waals surface area (Å²) in [4.78, 5) is 2.52. The molecule has 0 spiro atoms. The monoisotopic (exact) mass is 267 g/mol. The first-order valence-corrected chi connectivity index (χ1v) is 6.58. The van der Waals surface area contributed by atoms with E-state index < -0.39 is 0 Å². The summed E-state index contributed by atoms with van der Waals surface area (Å²) < 4.78 is 1.27. The summed E-state index contributed by atoms with van der Waals surface area (Å²) in [5, 5.41) is 0. The Morgan fingerprint density at radius 1 is 1.07 bits per heavy atom. The molecule has 82 valence electrons. The van der Waals surface area contributed by atoms with Gasteiger partial charge in [-0.2, -0.15) is 0 Å². The molecule has 0 unspecified atom stereocenters. The van der Waals surface area contributed by atoms with Gasteiger partial charge in [0.2, 0.25) is 0 Å². The molecule has 0 bridgehead atoms. The topological polar surface area (TPSA) is 3.24 Å². The van der Waals surface area contributed by atoms with Gasteiger partial charge in [-0.3, -0.25) is 0 Å². The highest BCUT2D eigenvalue weighted by molar-refractivity contribution is 9.10. The summed E-state index contributed by atoms with van der Waals surface area (Å²) in [5.41, 5.74) is 2.70. The second-order valence-corrected chi connectivity index (χ2v) is 5.10. The molecule has 0 amide bonds. The van der Waals surface area contributed by atoms with Crippen molar-refractivity contribution in [3.63, 3.8) is 0 Å². The lowest BCUT2D eigenvalue weighted by molar-refractivity contribution is 0.726. The fourth-order valence-corrected chi connectivity index (χ4v) is 2.70. The lowest BCUT2D eigenvalue weighted by atomic mass is 10.2. The Kier molecular flexibility index (Phi) is 3.68. The highest BCUT2D eigenvalue weighted by atomic mass is 79.9. The van der Waals surface area contributed by atoms with E-state index in [2.05, 4.69) is 46.0 Å². The zero-order valence-corrected chi connectivity index (χ0v) is 10.9. The molecule has 2 rings (SSSR count). The molecule has 2 heteroatoms. The van der Waals surface area contributed by atoms with Crippen molar-refractivity contribution < 1.29 is 0 Å². The zero-order chi connectivity index (χ0) is 10.7. The van der Waals surface area contributed by atoms with E-state index >= 15 is 0 Å². The molecular weight excluding hydrogens is 250 g/mol. The molecule has 1 heterocycles. The highest BCUT2D eigenvalue weighted by Gasteiger charge is 2.12. The van der Waals surface area contributed by atoms with Crippen molar-refractivity contribution in [3.05, 3.63) is 28.2 Å². The molecule has 0 atom stereocenters. The van der Waals surface area contributed by atoms with Gasteiger partial charge in [-0.05, 0) is 47.3 Å². The van der Waals surface area contributed by atoms with Gasteiger partial charge < -0.3 is 4.90 Å². The summed E-state index contributed by atoms with van der Waals surface area (Å²) in [6.45, 7) is 4.58. The van der Waals surface area contributed by atoms with Crippen LogP contribution in [0.15, 0.2) is 22.7 Å². The molecule has 15 heavy (non-hydrogen) atoms. The standard InChI is InChI=1S/C13H18BrN/c1-11-7-6-8-12(13(11)14)15-9-4-2-3-5-10-15/h6-8H,2-5,9-10H2,1H3. The van der Waals surface area contributed by atoms with Crippen LogP contribution >= 0.6 is 15.9 Å². The molecule has 0 N–H and O–H groups in total. The number of rotatable bonds is 1. The molecule has 1 aliphatic rings. The van der Waals surface area contributed by atoms with Crippen LogP contribution in [-0.4, -0.2) is 13.1 Å². The number of hydrogen-bond acceptors (Lipinski definition) is 1. The molecular formula is C13H18BrN. The molecule has 1 fully saturated rings. The van der Waals surface area contributed by atoms with Crippen molar-refractivity contribution in [2.75, 3.05) is 18.0 Å². The van der Waals surface area contributed by atoms with Crippen molar-refractivity contribution in [2.24, 2.45) is 0 Å². The van der Waals surface area contributed by atoms with Gasteiger partial charge >= 0.3 is 0 Å². The highest BCUT2D eigenvalue weighted by Crippen LogP contribution is 2.30. The summed E-state index contributed by atoms with van der Waals surface area (Å²) in [7, 11) is 0. The Morgan fingerprint density at radius 3 is 2.40 bits per heavy atom. The predicted octanol–water partition coefficient (Wildman–Crippen LogP) is 4.14. The minimum absolute atomic E-state index is 1.21. The van der Waals surface area contributed by atoms with Gasteiger partial charge in [0.15, 0.2) is 0 Å². The zero-order valence-electron chi connectivity index (χ0n) is 9.30. The van der Waals surface area contributed by atoms with Crippen LogP contribution in [0.2, 0.25) is 0 Å². The van der Waals surface area contributed by atoms with E-state index in [4.69, 9.17) is 0 Å². The Hall–Kier alpha value is -0.500. The van der Waals surface area contributed by atoms with Gasteiger partial charge in [-0.1, -0.05) is 25.0 Å². The van der Waals surface area contributed by atoms with Crippen LogP contribution in [0.1, 0.15) is 31.2 Å². The molecule has 0 aromatic heterocycles. The van der Waals surface area contributed by atoms with E-state index in [-0.39, 0.29) is 0 Å². The maximum absolute atomic E-state index is 3.70. The maximum Gasteiger partial charge on any atom is 0.0513 e. The molecule has 1 aliphatic heterocycles. The number of anilines is 1. The fraction of sp³-hybridized carbons (Fsp3) is 0.538. The lowest BCUT2D eigenvalue weighted by Gasteiger charge is -2.24. The first-order chi connectivity index (χ1) is 7.29. The van der Waals surface area contributed by atoms with E-state index in [1.54, 1.807) is 0 Å². The van der Waals surface area contributed by atoms with E-state index in [0.717, 1.165) is 0 Å². The van der Waals surface area contributed by atoms with Crippen LogP contribution < -0.4 is 4.90 Å². The van der Waals surface area contributed by atoms with E-state index in [1.165, 1.54) is 54.5 Å². The number of aryl methyl sites for hydroxylation is 1. The van der Waals surface area contributed by atoms with Gasteiger partial charge in [-0.25, -0.2) is 0 Å². The van der Waals surface area contributed by atoms with Crippen LogP contribution in [0.4, 0.5) is 5.69 Å². The molecule has 1 aromatic carbocycles. The van der Waals surface area contributed by atoms with Crippen molar-refractivity contribution in [3.8, 4) is 0 Å². The minimum atomic E-state index is 1.21. The Bertz CT molecular complexity index is 327. The minimum Gasteiger partial charge on any atom is -0.371 e. The number of hydrogen-bond donors (Lipinski definition) is 0. The van der Waals surface area contributed by atoms with Gasteiger partial charge in [0.25, 0.3) is 0 Å². The SMILES string of the molecule is Cc1cccc(N2CCCCCC2)c1Br. The van der Waals surface area contributed by atoms with E-state index in [1.807, 2.05) is 0 Å². The molecule has 0 aliphatic carbocycles. The fourth-order valence-electron chi connectivity index (χ4n) is 2.19. The predicted molar refractivity (Wildman–Crippen MR) is 69.6 cm³/mol. The van der Waals surface area contributed by atoms with Crippen molar-refractivity contribution in [1.82, 2.24) is 0 Å². The third-order valence-corrected chi connectivity index (χ3v) is 4.15. The Morgan fingerprint density at radius 2 is 1.73 bits per heavy atom. The number of nitrogens with zero attached hydrogens (tertiary/aromatic N) is 1. The molecule has 1 saturated heterocycles. The van der Waals surface area contributed by atoms with Gasteiger partial charge in [0, 0.05) is 17.6 Å². The van der Waals surface area contributed by atoms with Gasteiger partial charge in [0.1, 0.15) is 0 Å². The van der Waals surface area contributed by atoms with Crippen molar-refractivity contribution in [2.45, 2.75) is 32.6 Å². The van der Waals surface area contributed by atoms with Crippen LogP contribution in [0.25, 0.3) is 0 Å². The van der Waals surface area contributed by atoms with Gasteiger partial charge in [-0.15, -0.1) is 0 Å². The number of benzene rings is 1. The smallest absolute Gasteiger partial charge is 0.0513 e. The molecule has 1 nitrogen and oxygen atoms in total. The first-order valence-electron chi connectivity index (χ1n) is 5.79. The lowest BCUT2D eigenvalue weighted by Crippen LogP contribution is -2.24. The first kappa shape index (κ1) is 11.0. The average Bonchev–Trinajstić information content (AvgIpc) is 2.50. The van der Waals surface area contributed by atoms with Crippen LogP contribution in [0.5, 0.6) is 0 Å². The van der Waals surface area contributed by atoms with Crippen LogP contribution in [-0.2, 0) is 0 Å². The summed E-state index contributed by atoms with van der Waals surface area (Å²) in [6, 6.07) is 6.54. The van der Waals surface area contributed by atoms with Crippen LogP contribution in [0.3, 0.4) is 0 Å². The third kappa shape index (κ3) is 2.54.